The van der Waals surface area contributed by atoms with Gasteiger partial charge in [0, 0.05) is 5.69 Å². The van der Waals surface area contributed by atoms with E-state index in [1.165, 1.54) is 0 Å². The molecule has 6 nitrogen and oxygen atoms in total. The number of carbonyl (C=O) groups is 1. The van der Waals surface area contributed by atoms with Crippen LogP contribution in [0.1, 0.15) is 49.5 Å². The number of ether oxygens (including phenoxy) is 1. The highest BCUT2D eigenvalue weighted by molar-refractivity contribution is 7.74. The highest BCUT2D eigenvalue weighted by Gasteiger charge is 2.45. The Labute approximate surface area is 167 Å². The SMILES string of the molecule is Cc1ccc(C(OS(=O)O)C2Nc3ccccc3C2C(=O)OC(C)(C)C)cc1. The van der Waals surface area contributed by atoms with Crippen molar-refractivity contribution in [3.05, 3.63) is 65.2 Å². The van der Waals surface area contributed by atoms with Gasteiger partial charge in [0.25, 0.3) is 0 Å². The second-order valence-electron chi connectivity index (χ2n) is 7.91. The van der Waals surface area contributed by atoms with Crippen molar-refractivity contribution in [3.63, 3.8) is 0 Å². The largest absolute Gasteiger partial charge is 0.459 e. The van der Waals surface area contributed by atoms with Crippen molar-refractivity contribution in [1.29, 1.82) is 0 Å². The highest BCUT2D eigenvalue weighted by Crippen LogP contribution is 2.43. The highest BCUT2D eigenvalue weighted by atomic mass is 32.2. The molecule has 0 bridgehead atoms. The Kier molecular flexibility index (Phi) is 5.88. The zero-order valence-electron chi connectivity index (χ0n) is 16.3. The average Bonchev–Trinajstić information content (AvgIpc) is 2.98. The van der Waals surface area contributed by atoms with Gasteiger partial charge >= 0.3 is 17.3 Å². The number of fused-ring (bicyclic) bond motifs is 1. The van der Waals surface area contributed by atoms with E-state index in [0.717, 1.165) is 16.8 Å². The van der Waals surface area contributed by atoms with E-state index in [-0.39, 0.29) is 0 Å². The van der Waals surface area contributed by atoms with Gasteiger partial charge in [0.15, 0.2) is 0 Å². The molecule has 4 atom stereocenters. The van der Waals surface area contributed by atoms with Crippen molar-refractivity contribution < 1.29 is 22.5 Å². The Morgan fingerprint density at radius 1 is 1.14 bits per heavy atom. The molecular weight excluding hydrogens is 378 g/mol. The summed E-state index contributed by atoms with van der Waals surface area (Å²) in [7, 11) is 0. The van der Waals surface area contributed by atoms with Gasteiger partial charge < -0.3 is 10.1 Å². The summed E-state index contributed by atoms with van der Waals surface area (Å²) < 4.78 is 32.0. The predicted octanol–water partition coefficient (Wildman–Crippen LogP) is 4.11. The van der Waals surface area contributed by atoms with Crippen molar-refractivity contribution in [3.8, 4) is 0 Å². The third kappa shape index (κ3) is 4.60. The lowest BCUT2D eigenvalue weighted by Gasteiger charge is -2.29. The third-order valence-electron chi connectivity index (χ3n) is 4.56. The molecule has 1 aliphatic rings. The van der Waals surface area contributed by atoms with Crippen molar-refractivity contribution in [2.75, 3.05) is 5.32 Å². The van der Waals surface area contributed by atoms with Crippen LogP contribution in [-0.2, 0) is 25.1 Å². The third-order valence-corrected chi connectivity index (χ3v) is 4.93. The van der Waals surface area contributed by atoms with E-state index in [2.05, 4.69) is 5.32 Å². The van der Waals surface area contributed by atoms with Crippen LogP contribution in [0.25, 0.3) is 0 Å². The fourth-order valence-electron chi connectivity index (χ4n) is 3.41. The monoisotopic (exact) mass is 403 g/mol. The van der Waals surface area contributed by atoms with Crippen LogP contribution in [-0.4, -0.2) is 26.4 Å². The van der Waals surface area contributed by atoms with Gasteiger partial charge in [-0.05, 0) is 44.9 Å². The second-order valence-corrected chi connectivity index (χ2v) is 8.54. The number of rotatable bonds is 5. The number of aryl methyl sites for hydroxylation is 1. The predicted molar refractivity (Wildman–Crippen MR) is 108 cm³/mol. The molecule has 28 heavy (non-hydrogen) atoms. The van der Waals surface area contributed by atoms with Gasteiger partial charge in [-0.15, -0.1) is 0 Å². The number of hydrogen-bond donors (Lipinski definition) is 2. The molecule has 0 aromatic heterocycles. The van der Waals surface area contributed by atoms with Crippen molar-refractivity contribution in [2.45, 2.75) is 51.4 Å². The van der Waals surface area contributed by atoms with E-state index in [0.29, 0.717) is 5.56 Å². The van der Waals surface area contributed by atoms with Crippen LogP contribution in [0.5, 0.6) is 0 Å². The van der Waals surface area contributed by atoms with E-state index in [4.69, 9.17) is 8.92 Å². The number of anilines is 1. The molecule has 0 saturated carbocycles. The maximum atomic E-state index is 13.1. The second kappa shape index (κ2) is 8.03. The molecule has 2 aromatic rings. The molecule has 3 rings (SSSR count). The molecule has 0 amide bonds. The summed E-state index contributed by atoms with van der Waals surface area (Å²) in [5.41, 5.74) is 2.67. The minimum absolute atomic E-state index is 0.403. The Hall–Kier alpha value is -2.22. The van der Waals surface area contributed by atoms with Crippen molar-refractivity contribution in [1.82, 2.24) is 0 Å². The maximum absolute atomic E-state index is 13.1. The summed E-state index contributed by atoms with van der Waals surface area (Å²) in [6.45, 7) is 7.39. The Morgan fingerprint density at radius 2 is 1.79 bits per heavy atom. The normalized spacial score (nSPS) is 20.8. The van der Waals surface area contributed by atoms with Gasteiger partial charge in [0.2, 0.25) is 0 Å². The van der Waals surface area contributed by atoms with Gasteiger partial charge in [-0.2, -0.15) is 4.21 Å². The summed E-state index contributed by atoms with van der Waals surface area (Å²) in [4.78, 5) is 13.1. The lowest BCUT2D eigenvalue weighted by Crippen LogP contribution is -2.38. The van der Waals surface area contributed by atoms with Gasteiger partial charge in [0.05, 0.1) is 6.04 Å². The number of nitrogens with one attached hydrogen (secondary N) is 1. The molecule has 0 spiro atoms. The van der Waals surface area contributed by atoms with E-state index in [1.54, 1.807) is 0 Å². The molecule has 0 saturated heterocycles. The minimum atomic E-state index is -2.50. The molecule has 7 heteroatoms. The number of esters is 1. The first-order valence-electron chi connectivity index (χ1n) is 9.08. The molecule has 1 heterocycles. The van der Waals surface area contributed by atoms with Crippen molar-refractivity contribution >= 4 is 23.0 Å². The molecule has 4 unspecified atom stereocenters. The van der Waals surface area contributed by atoms with E-state index >= 15 is 0 Å². The molecule has 0 radical (unpaired) electrons. The first-order valence-corrected chi connectivity index (χ1v) is 10.1. The van der Waals surface area contributed by atoms with Crippen molar-refractivity contribution in [2.24, 2.45) is 0 Å². The Balaban J connectivity index is 2.03. The first-order chi connectivity index (χ1) is 13.2. The van der Waals surface area contributed by atoms with Gasteiger partial charge in [-0.1, -0.05) is 48.0 Å². The fourth-order valence-corrected chi connectivity index (χ4v) is 3.82. The Bertz CT molecular complexity index is 875. The molecule has 2 N–H and O–H groups in total. The van der Waals surface area contributed by atoms with Crippen LogP contribution in [0.4, 0.5) is 5.69 Å². The summed E-state index contributed by atoms with van der Waals surface area (Å²) >= 11 is -2.50. The van der Waals surface area contributed by atoms with Crippen LogP contribution in [0.2, 0.25) is 0 Å². The van der Waals surface area contributed by atoms with Crippen LogP contribution in [0, 0.1) is 6.92 Å². The number of hydrogen-bond acceptors (Lipinski definition) is 5. The molecule has 150 valence electrons. The first kappa shape index (κ1) is 20.5. The standard InChI is InChI=1S/C21H25NO5S/c1-13-9-11-14(12-10-13)19(27-28(24)25)18-17(20(23)26-21(2,3)4)15-7-5-6-8-16(15)22-18/h5-12,17-19,22H,1-4H3,(H,24,25). The average molecular weight is 404 g/mol. The lowest BCUT2D eigenvalue weighted by molar-refractivity contribution is -0.157. The molecular formula is C21H25NO5S. The smallest absolute Gasteiger partial charge is 0.316 e. The van der Waals surface area contributed by atoms with Gasteiger partial charge in [0.1, 0.15) is 17.6 Å². The van der Waals surface area contributed by atoms with Crippen LogP contribution in [0.3, 0.4) is 0 Å². The summed E-state index contributed by atoms with van der Waals surface area (Å²) in [5.74, 6) is -1.08. The topological polar surface area (TPSA) is 84.9 Å². The maximum Gasteiger partial charge on any atom is 0.316 e. The van der Waals surface area contributed by atoms with Gasteiger partial charge in [-0.3, -0.25) is 13.5 Å². The molecule has 0 fully saturated rings. The van der Waals surface area contributed by atoms with E-state index in [1.807, 2.05) is 76.2 Å². The minimum Gasteiger partial charge on any atom is -0.459 e. The van der Waals surface area contributed by atoms with Crippen LogP contribution < -0.4 is 5.32 Å². The lowest BCUT2D eigenvalue weighted by atomic mass is 9.88. The van der Waals surface area contributed by atoms with Gasteiger partial charge in [-0.25, -0.2) is 0 Å². The Morgan fingerprint density at radius 3 is 2.39 bits per heavy atom. The molecule has 0 aliphatic carbocycles. The fraction of sp³-hybridized carbons (Fsp3) is 0.381. The number of para-hydroxylation sites is 1. The molecule has 1 aliphatic heterocycles. The summed E-state index contributed by atoms with van der Waals surface area (Å²) in [5, 5.41) is 3.30. The van der Waals surface area contributed by atoms with E-state index < -0.39 is 41.0 Å². The summed E-state index contributed by atoms with van der Waals surface area (Å²) in [6.07, 6.45) is -0.823. The quantitative estimate of drug-likeness (QED) is 0.577. The van der Waals surface area contributed by atoms with E-state index in [9.17, 15) is 13.6 Å². The number of carbonyl (C=O) groups excluding carboxylic acids is 1. The molecule has 2 aromatic carbocycles. The number of benzene rings is 2. The van der Waals surface area contributed by atoms with Crippen LogP contribution >= 0.6 is 0 Å². The summed E-state index contributed by atoms with van der Waals surface area (Å²) in [6, 6.07) is 14.3. The zero-order valence-corrected chi connectivity index (χ0v) is 17.2. The zero-order chi connectivity index (χ0) is 20.5. The van der Waals surface area contributed by atoms with Crippen LogP contribution in [0.15, 0.2) is 48.5 Å².